The summed E-state index contributed by atoms with van der Waals surface area (Å²) in [5.41, 5.74) is 0.958. The maximum absolute atomic E-state index is 13.3. The van der Waals surface area contributed by atoms with E-state index in [-0.39, 0.29) is 11.1 Å². The first-order valence-electron chi connectivity index (χ1n) is 11.3. The second-order valence-electron chi connectivity index (χ2n) is 7.86. The zero-order valence-electron chi connectivity index (χ0n) is 19.6. The largest absolute Gasteiger partial charge is 0.493 e. The Hall–Kier alpha value is -3.94. The molecule has 0 spiro atoms. The number of methoxy groups -OCH3 is 1. The fraction of sp³-hybridized carbons (Fsp3) is 0.259. The van der Waals surface area contributed by atoms with Gasteiger partial charge in [0.05, 0.1) is 13.7 Å². The molecule has 0 aromatic heterocycles. The number of benzene rings is 3. The summed E-state index contributed by atoms with van der Waals surface area (Å²) in [6.07, 6.45) is 2.06. The molecule has 0 aliphatic heterocycles. The summed E-state index contributed by atoms with van der Waals surface area (Å²) < 4.78 is 37.8. The Labute approximate surface area is 203 Å². The van der Waals surface area contributed by atoms with Crippen molar-refractivity contribution in [3.05, 3.63) is 95.1 Å². The lowest BCUT2D eigenvalue weighted by molar-refractivity contribution is 0.0883. The quantitative estimate of drug-likeness (QED) is 0.283. The molecule has 184 valence electrons. The molecular weight excluding hydrogens is 454 g/mol. The second-order valence-corrected chi connectivity index (χ2v) is 7.86. The van der Waals surface area contributed by atoms with Crippen LogP contribution >= 0.6 is 0 Å². The van der Waals surface area contributed by atoms with Crippen LogP contribution in [0.25, 0.3) is 0 Å². The van der Waals surface area contributed by atoms with Gasteiger partial charge in [0, 0.05) is 11.1 Å². The number of carbonyl (C=O) groups is 2. The maximum Gasteiger partial charge on any atom is 0.253 e. The maximum atomic E-state index is 13.3. The Balaban J connectivity index is 1.86. The predicted molar refractivity (Wildman–Crippen MR) is 128 cm³/mol. The van der Waals surface area contributed by atoms with E-state index in [1.54, 1.807) is 18.2 Å². The smallest absolute Gasteiger partial charge is 0.253 e. The summed E-state index contributed by atoms with van der Waals surface area (Å²) >= 11 is 0. The molecule has 35 heavy (non-hydrogen) atoms. The molecule has 2 N–H and O–H groups in total. The van der Waals surface area contributed by atoms with Gasteiger partial charge in [-0.25, -0.2) is 8.78 Å². The van der Waals surface area contributed by atoms with Crippen LogP contribution in [-0.4, -0.2) is 25.5 Å². The Kier molecular flexibility index (Phi) is 9.17. The number of hydrogen-bond donors (Lipinski definition) is 2. The molecule has 0 radical (unpaired) electrons. The highest BCUT2D eigenvalue weighted by molar-refractivity contribution is 5.96. The molecule has 0 saturated carbocycles. The zero-order valence-corrected chi connectivity index (χ0v) is 19.6. The molecule has 3 rings (SSSR count). The first-order valence-corrected chi connectivity index (χ1v) is 11.3. The van der Waals surface area contributed by atoms with Crippen molar-refractivity contribution in [3.8, 4) is 11.5 Å². The van der Waals surface area contributed by atoms with E-state index in [1.807, 2.05) is 0 Å². The SMILES string of the molecule is CCCCCOc1ccc(C(NC(=O)c2ccc(F)cc2)NC(=O)c2ccc(F)cc2)cc1OC. The van der Waals surface area contributed by atoms with E-state index in [0.717, 1.165) is 19.3 Å². The number of amides is 2. The van der Waals surface area contributed by atoms with Gasteiger partial charge in [-0.05, 0) is 72.6 Å². The number of ether oxygens (including phenoxy) is 2. The summed E-state index contributed by atoms with van der Waals surface area (Å²) in [6.45, 7) is 2.64. The summed E-state index contributed by atoms with van der Waals surface area (Å²) in [5, 5.41) is 5.50. The number of unbranched alkanes of at least 4 members (excludes halogenated alkanes) is 2. The van der Waals surface area contributed by atoms with E-state index in [2.05, 4.69) is 17.6 Å². The Morgan fingerprint density at radius 1 is 0.800 bits per heavy atom. The lowest BCUT2D eigenvalue weighted by Crippen LogP contribution is -2.41. The van der Waals surface area contributed by atoms with Crippen molar-refractivity contribution in [2.75, 3.05) is 13.7 Å². The van der Waals surface area contributed by atoms with Crippen LogP contribution in [0.2, 0.25) is 0 Å². The number of nitrogens with one attached hydrogen (secondary N) is 2. The van der Waals surface area contributed by atoms with Crippen LogP contribution in [-0.2, 0) is 0 Å². The highest BCUT2D eigenvalue weighted by Gasteiger charge is 2.21. The second kappa shape index (κ2) is 12.5. The molecule has 0 fully saturated rings. The molecule has 0 heterocycles. The molecule has 0 aliphatic rings. The molecule has 6 nitrogen and oxygen atoms in total. The fourth-order valence-corrected chi connectivity index (χ4v) is 3.35. The van der Waals surface area contributed by atoms with E-state index in [1.165, 1.54) is 55.6 Å². The van der Waals surface area contributed by atoms with Crippen LogP contribution < -0.4 is 20.1 Å². The van der Waals surface area contributed by atoms with Crippen molar-refractivity contribution in [1.29, 1.82) is 0 Å². The van der Waals surface area contributed by atoms with Crippen molar-refractivity contribution >= 4 is 11.8 Å². The van der Waals surface area contributed by atoms with E-state index in [0.29, 0.717) is 23.7 Å². The molecule has 0 atom stereocenters. The first-order chi connectivity index (χ1) is 16.9. The van der Waals surface area contributed by atoms with Gasteiger partial charge < -0.3 is 20.1 Å². The standard InChI is InChI=1S/C27H28F2N2O4/c1-3-4-5-16-35-23-15-10-20(17-24(23)34-2)25(30-26(32)18-6-11-21(28)12-7-18)31-27(33)19-8-13-22(29)14-9-19/h6-15,17,25H,3-5,16H2,1-2H3,(H,30,32)(H,31,33). The molecule has 2 amide bonds. The first kappa shape index (κ1) is 25.7. The van der Waals surface area contributed by atoms with Crippen molar-refractivity contribution in [3.63, 3.8) is 0 Å². The predicted octanol–water partition coefficient (Wildman–Crippen LogP) is 5.40. The van der Waals surface area contributed by atoms with Gasteiger partial charge in [0.15, 0.2) is 11.5 Å². The normalized spacial score (nSPS) is 10.7. The third kappa shape index (κ3) is 7.27. The van der Waals surface area contributed by atoms with Crippen LogP contribution in [0.3, 0.4) is 0 Å². The lowest BCUT2D eigenvalue weighted by atomic mass is 10.1. The van der Waals surface area contributed by atoms with Crippen LogP contribution in [0.15, 0.2) is 66.7 Å². The minimum absolute atomic E-state index is 0.218. The molecule has 0 unspecified atom stereocenters. The highest BCUT2D eigenvalue weighted by Crippen LogP contribution is 2.30. The lowest BCUT2D eigenvalue weighted by Gasteiger charge is -2.22. The third-order valence-corrected chi connectivity index (χ3v) is 5.29. The summed E-state index contributed by atoms with van der Waals surface area (Å²) in [7, 11) is 1.50. The highest BCUT2D eigenvalue weighted by atomic mass is 19.1. The van der Waals surface area contributed by atoms with Crippen molar-refractivity contribution in [2.45, 2.75) is 32.4 Å². The Morgan fingerprint density at radius 2 is 1.34 bits per heavy atom. The summed E-state index contributed by atoms with van der Waals surface area (Å²) in [6, 6.07) is 15.2. The van der Waals surface area contributed by atoms with Crippen LogP contribution in [0.1, 0.15) is 58.6 Å². The zero-order chi connectivity index (χ0) is 25.2. The Morgan fingerprint density at radius 3 is 1.83 bits per heavy atom. The van der Waals surface area contributed by atoms with Crippen molar-refractivity contribution < 1.29 is 27.8 Å². The molecule has 3 aromatic carbocycles. The van der Waals surface area contributed by atoms with E-state index in [4.69, 9.17) is 9.47 Å². The van der Waals surface area contributed by atoms with Gasteiger partial charge in [-0.1, -0.05) is 25.8 Å². The Bertz CT molecular complexity index is 1080. The average molecular weight is 483 g/mol. The number of rotatable bonds is 11. The summed E-state index contributed by atoms with van der Waals surface area (Å²) in [5.74, 6) is -0.998. The van der Waals surface area contributed by atoms with Gasteiger partial charge in [0.25, 0.3) is 11.8 Å². The topological polar surface area (TPSA) is 76.7 Å². The number of hydrogen-bond acceptors (Lipinski definition) is 4. The molecular formula is C27H28F2N2O4. The number of carbonyl (C=O) groups excluding carboxylic acids is 2. The van der Waals surface area contributed by atoms with Crippen molar-refractivity contribution in [2.24, 2.45) is 0 Å². The van der Waals surface area contributed by atoms with Gasteiger partial charge in [0.2, 0.25) is 0 Å². The van der Waals surface area contributed by atoms with Gasteiger partial charge in [-0.15, -0.1) is 0 Å². The number of halogens is 2. The van der Waals surface area contributed by atoms with Crippen LogP contribution in [0.4, 0.5) is 8.78 Å². The molecule has 8 heteroatoms. The molecule has 0 aliphatic carbocycles. The molecule has 3 aromatic rings. The minimum atomic E-state index is -0.965. The molecule has 0 bridgehead atoms. The van der Waals surface area contributed by atoms with E-state index in [9.17, 15) is 18.4 Å². The van der Waals surface area contributed by atoms with Gasteiger partial charge in [-0.3, -0.25) is 9.59 Å². The molecule has 0 saturated heterocycles. The van der Waals surface area contributed by atoms with Crippen LogP contribution in [0.5, 0.6) is 11.5 Å². The van der Waals surface area contributed by atoms with E-state index >= 15 is 0 Å². The third-order valence-electron chi connectivity index (χ3n) is 5.29. The van der Waals surface area contributed by atoms with Crippen LogP contribution in [0, 0.1) is 11.6 Å². The minimum Gasteiger partial charge on any atom is -0.493 e. The van der Waals surface area contributed by atoms with Gasteiger partial charge in [0.1, 0.15) is 17.8 Å². The average Bonchev–Trinajstić information content (AvgIpc) is 2.87. The monoisotopic (exact) mass is 482 g/mol. The van der Waals surface area contributed by atoms with Gasteiger partial charge in [-0.2, -0.15) is 0 Å². The van der Waals surface area contributed by atoms with Crippen molar-refractivity contribution in [1.82, 2.24) is 10.6 Å². The fourth-order valence-electron chi connectivity index (χ4n) is 3.35. The van der Waals surface area contributed by atoms with E-state index < -0.39 is 29.6 Å². The van der Waals surface area contributed by atoms with Gasteiger partial charge >= 0.3 is 0 Å². The summed E-state index contributed by atoms with van der Waals surface area (Å²) in [4.78, 5) is 25.7.